The molecule has 2 aromatic carbocycles. The Morgan fingerprint density at radius 2 is 1.61 bits per heavy atom. The van der Waals surface area contributed by atoms with Gasteiger partial charge in [-0.25, -0.2) is 14.5 Å². The predicted molar refractivity (Wildman–Crippen MR) is 120 cm³/mol. The number of imide groups is 2. The van der Waals surface area contributed by atoms with Gasteiger partial charge >= 0.3 is 12.0 Å². The molecule has 2 N–H and O–H groups in total. The molecule has 0 unspecified atom stereocenters. The zero-order valence-corrected chi connectivity index (χ0v) is 19.1. The molecule has 33 heavy (non-hydrogen) atoms. The lowest BCUT2D eigenvalue weighted by Gasteiger charge is -2.20. The van der Waals surface area contributed by atoms with Crippen molar-refractivity contribution >= 4 is 35.4 Å². The summed E-state index contributed by atoms with van der Waals surface area (Å²) >= 11 is 0. The van der Waals surface area contributed by atoms with Gasteiger partial charge in [0, 0.05) is 5.54 Å². The van der Waals surface area contributed by atoms with Crippen molar-refractivity contribution in [2.45, 2.75) is 40.2 Å². The maximum absolute atomic E-state index is 13.0. The molecule has 172 valence electrons. The maximum Gasteiger partial charge on any atom is 0.338 e. The second-order valence-corrected chi connectivity index (χ2v) is 8.82. The standard InChI is InChI=1S/C24H25N3O6/c1-13-6-7-14(2)18(10-13)27-20(29)16-9-8-15(11-17(16)21(27)30)22(31)33-12-19(28)25-23(32)26-24(3,4)5/h6-11H,12H2,1-5H3,(H2,25,26,28,32). The number of ether oxygens (including phenoxy) is 1. The van der Waals surface area contributed by atoms with Gasteiger partial charge in [0.2, 0.25) is 0 Å². The number of urea groups is 1. The molecule has 1 aliphatic rings. The molecule has 0 radical (unpaired) electrons. The second kappa shape index (κ2) is 8.85. The van der Waals surface area contributed by atoms with E-state index in [1.54, 1.807) is 33.8 Å². The number of hydrogen-bond donors (Lipinski definition) is 2. The largest absolute Gasteiger partial charge is 0.452 e. The highest BCUT2D eigenvalue weighted by molar-refractivity contribution is 6.35. The maximum atomic E-state index is 13.0. The third kappa shape index (κ3) is 5.25. The molecule has 0 spiro atoms. The van der Waals surface area contributed by atoms with Crippen LogP contribution in [0.1, 0.15) is 63.0 Å². The minimum Gasteiger partial charge on any atom is -0.452 e. The van der Waals surface area contributed by atoms with Crippen LogP contribution in [-0.2, 0) is 9.53 Å². The Balaban J connectivity index is 1.71. The third-order valence-electron chi connectivity index (χ3n) is 4.80. The van der Waals surface area contributed by atoms with Crippen molar-refractivity contribution in [3.8, 4) is 0 Å². The number of nitrogens with zero attached hydrogens (tertiary/aromatic N) is 1. The molecule has 0 fully saturated rings. The van der Waals surface area contributed by atoms with Crippen molar-refractivity contribution in [3.05, 3.63) is 64.2 Å². The van der Waals surface area contributed by atoms with Crippen molar-refractivity contribution in [2.24, 2.45) is 0 Å². The minimum absolute atomic E-state index is 0.00431. The highest BCUT2D eigenvalue weighted by atomic mass is 16.5. The van der Waals surface area contributed by atoms with Crippen LogP contribution in [0.3, 0.4) is 0 Å². The van der Waals surface area contributed by atoms with Gasteiger partial charge in [0.15, 0.2) is 6.61 Å². The Bertz CT molecular complexity index is 1180. The summed E-state index contributed by atoms with van der Waals surface area (Å²) in [6.07, 6.45) is 0. The van der Waals surface area contributed by atoms with Gasteiger partial charge in [-0.2, -0.15) is 0 Å². The van der Waals surface area contributed by atoms with Gasteiger partial charge in [0.05, 0.1) is 22.4 Å². The van der Waals surface area contributed by atoms with E-state index in [2.05, 4.69) is 10.6 Å². The normalized spacial score (nSPS) is 12.9. The fraction of sp³-hybridized carbons (Fsp3) is 0.292. The fourth-order valence-corrected chi connectivity index (χ4v) is 3.30. The van der Waals surface area contributed by atoms with Crippen molar-refractivity contribution in [1.82, 2.24) is 10.6 Å². The SMILES string of the molecule is Cc1ccc(C)c(N2C(=O)c3ccc(C(=O)OCC(=O)NC(=O)NC(C)(C)C)cc3C2=O)c1. The van der Waals surface area contributed by atoms with Gasteiger partial charge in [-0.15, -0.1) is 0 Å². The Morgan fingerprint density at radius 3 is 2.27 bits per heavy atom. The zero-order chi connectivity index (χ0) is 24.5. The van der Waals surface area contributed by atoms with E-state index in [1.807, 2.05) is 19.1 Å². The topological polar surface area (TPSA) is 122 Å². The van der Waals surface area contributed by atoms with Crippen molar-refractivity contribution in [2.75, 3.05) is 11.5 Å². The Kier molecular flexibility index (Phi) is 6.34. The van der Waals surface area contributed by atoms with Gasteiger partial charge in [-0.3, -0.25) is 19.7 Å². The molecule has 0 aromatic heterocycles. The summed E-state index contributed by atoms with van der Waals surface area (Å²) in [6.45, 7) is 8.22. The molecule has 9 nitrogen and oxygen atoms in total. The van der Waals surface area contributed by atoms with Gasteiger partial charge in [-0.05, 0) is 70.0 Å². The summed E-state index contributed by atoms with van der Waals surface area (Å²) in [7, 11) is 0. The number of nitrogens with one attached hydrogen (secondary N) is 2. The average molecular weight is 451 g/mol. The first-order valence-electron chi connectivity index (χ1n) is 10.3. The summed E-state index contributed by atoms with van der Waals surface area (Å²) in [6, 6.07) is 8.75. The molecule has 9 heteroatoms. The molecule has 0 atom stereocenters. The van der Waals surface area contributed by atoms with E-state index < -0.39 is 41.9 Å². The number of fused-ring (bicyclic) bond motifs is 1. The summed E-state index contributed by atoms with van der Waals surface area (Å²) in [5.74, 6) is -2.70. The lowest BCUT2D eigenvalue weighted by atomic mass is 10.1. The van der Waals surface area contributed by atoms with Crippen LogP contribution in [0.4, 0.5) is 10.5 Å². The van der Waals surface area contributed by atoms with Gasteiger partial charge < -0.3 is 10.1 Å². The number of amides is 5. The summed E-state index contributed by atoms with van der Waals surface area (Å²) < 4.78 is 4.95. The van der Waals surface area contributed by atoms with E-state index >= 15 is 0 Å². The quantitative estimate of drug-likeness (QED) is 0.545. The first kappa shape index (κ1) is 23.6. The number of hydrogen-bond acceptors (Lipinski definition) is 6. The Labute approximate surface area is 191 Å². The molecule has 2 aromatic rings. The number of benzene rings is 2. The van der Waals surface area contributed by atoms with Crippen LogP contribution < -0.4 is 15.5 Å². The van der Waals surface area contributed by atoms with Crippen LogP contribution in [0.25, 0.3) is 0 Å². The monoisotopic (exact) mass is 451 g/mol. The molecule has 0 saturated carbocycles. The number of rotatable bonds is 4. The van der Waals surface area contributed by atoms with Crippen LogP contribution in [0, 0.1) is 13.8 Å². The third-order valence-corrected chi connectivity index (χ3v) is 4.80. The second-order valence-electron chi connectivity index (χ2n) is 8.82. The zero-order valence-electron chi connectivity index (χ0n) is 19.1. The molecule has 1 heterocycles. The predicted octanol–water partition coefficient (Wildman–Crippen LogP) is 2.89. The number of esters is 1. The molecule has 3 rings (SSSR count). The molecule has 0 bridgehead atoms. The number of carbonyl (C=O) groups is 5. The number of aryl methyl sites for hydroxylation is 2. The van der Waals surface area contributed by atoms with Crippen LogP contribution >= 0.6 is 0 Å². The minimum atomic E-state index is -0.866. The lowest BCUT2D eigenvalue weighted by molar-refractivity contribution is -0.123. The number of anilines is 1. The first-order valence-corrected chi connectivity index (χ1v) is 10.3. The van der Waals surface area contributed by atoms with Crippen LogP contribution in [0.15, 0.2) is 36.4 Å². The molecule has 1 aliphatic heterocycles. The summed E-state index contributed by atoms with van der Waals surface area (Å²) in [5.41, 5.74) is 1.85. The van der Waals surface area contributed by atoms with E-state index in [-0.39, 0.29) is 16.7 Å². The number of carbonyl (C=O) groups excluding carboxylic acids is 5. The van der Waals surface area contributed by atoms with Gasteiger partial charge in [0.25, 0.3) is 17.7 Å². The van der Waals surface area contributed by atoms with Crippen molar-refractivity contribution in [3.63, 3.8) is 0 Å². The smallest absolute Gasteiger partial charge is 0.338 e. The molecule has 0 saturated heterocycles. The van der Waals surface area contributed by atoms with E-state index in [0.717, 1.165) is 16.0 Å². The fourth-order valence-electron chi connectivity index (χ4n) is 3.30. The molecular formula is C24H25N3O6. The van der Waals surface area contributed by atoms with Crippen molar-refractivity contribution < 1.29 is 28.7 Å². The van der Waals surface area contributed by atoms with Crippen LogP contribution in [0.2, 0.25) is 0 Å². The van der Waals surface area contributed by atoms with Crippen LogP contribution in [0.5, 0.6) is 0 Å². The van der Waals surface area contributed by atoms with Gasteiger partial charge in [0.1, 0.15) is 0 Å². The Hall–Kier alpha value is -4.01. The molecular weight excluding hydrogens is 426 g/mol. The van der Waals surface area contributed by atoms with E-state index in [0.29, 0.717) is 5.69 Å². The van der Waals surface area contributed by atoms with E-state index in [4.69, 9.17) is 4.74 Å². The summed E-state index contributed by atoms with van der Waals surface area (Å²) in [5, 5.41) is 4.61. The van der Waals surface area contributed by atoms with Gasteiger partial charge in [-0.1, -0.05) is 12.1 Å². The Morgan fingerprint density at radius 1 is 0.939 bits per heavy atom. The van der Waals surface area contributed by atoms with E-state index in [1.165, 1.54) is 18.2 Å². The van der Waals surface area contributed by atoms with Crippen LogP contribution in [-0.4, -0.2) is 41.9 Å². The highest BCUT2D eigenvalue weighted by Crippen LogP contribution is 2.31. The summed E-state index contributed by atoms with van der Waals surface area (Å²) in [4.78, 5) is 62.9. The lowest BCUT2D eigenvalue weighted by Crippen LogP contribution is -2.49. The van der Waals surface area contributed by atoms with E-state index in [9.17, 15) is 24.0 Å². The molecule has 5 amide bonds. The highest BCUT2D eigenvalue weighted by Gasteiger charge is 2.38. The van der Waals surface area contributed by atoms with Crippen molar-refractivity contribution in [1.29, 1.82) is 0 Å². The molecule has 0 aliphatic carbocycles. The average Bonchev–Trinajstić information content (AvgIpc) is 2.96. The first-order chi connectivity index (χ1) is 15.4.